The van der Waals surface area contributed by atoms with Gasteiger partial charge in [0.15, 0.2) is 0 Å². The molecule has 1 N–H and O–H groups in total. The number of carbonyl (C=O) groups excluding carboxylic acids is 1. The van der Waals surface area contributed by atoms with Crippen molar-refractivity contribution in [3.8, 4) is 0 Å². The smallest absolute Gasteiger partial charge is 0.317 e. The van der Waals surface area contributed by atoms with E-state index in [0.29, 0.717) is 6.54 Å². The van der Waals surface area contributed by atoms with E-state index < -0.39 is 0 Å². The second kappa shape index (κ2) is 7.64. The fraction of sp³-hybridized carbons (Fsp3) is 0.647. The number of pyridine rings is 1. The first-order valence-corrected chi connectivity index (χ1v) is 8.71. The average molecular weight is 317 g/mol. The van der Waals surface area contributed by atoms with Crippen molar-refractivity contribution in [3.63, 3.8) is 0 Å². The van der Waals surface area contributed by atoms with Gasteiger partial charge in [-0.15, -0.1) is 0 Å². The Labute approximate surface area is 138 Å². The molecule has 2 aliphatic heterocycles. The molecule has 1 aromatic heterocycles. The molecule has 0 spiro atoms. The number of carbonyl (C=O) groups is 1. The van der Waals surface area contributed by atoms with Gasteiger partial charge in [-0.05, 0) is 31.0 Å². The normalized spacial score (nSPS) is 19.2. The van der Waals surface area contributed by atoms with Crippen molar-refractivity contribution in [2.45, 2.75) is 26.3 Å². The molecular weight excluding hydrogens is 290 g/mol. The van der Waals surface area contributed by atoms with E-state index in [9.17, 15) is 4.79 Å². The third kappa shape index (κ3) is 4.13. The lowest BCUT2D eigenvalue weighted by molar-refractivity contribution is 0.142. The van der Waals surface area contributed by atoms with Gasteiger partial charge < -0.3 is 20.0 Å². The third-order valence-electron chi connectivity index (χ3n) is 4.79. The molecule has 2 saturated heterocycles. The molecule has 0 radical (unpaired) electrons. The number of hydrogen-bond acceptors (Lipinski definition) is 4. The first-order valence-electron chi connectivity index (χ1n) is 8.71. The quantitative estimate of drug-likeness (QED) is 0.915. The fourth-order valence-corrected chi connectivity index (χ4v) is 3.21. The Kier molecular flexibility index (Phi) is 5.33. The van der Waals surface area contributed by atoms with Crippen LogP contribution >= 0.6 is 0 Å². The molecule has 6 heteroatoms. The second-order valence-electron chi connectivity index (χ2n) is 6.30. The molecule has 0 saturated carbocycles. The zero-order valence-electron chi connectivity index (χ0n) is 14.0. The summed E-state index contributed by atoms with van der Waals surface area (Å²) in [5, 5.41) is 3.01. The number of urea groups is 1. The molecule has 2 aliphatic rings. The minimum absolute atomic E-state index is 0.0318. The highest BCUT2D eigenvalue weighted by Crippen LogP contribution is 2.17. The maximum Gasteiger partial charge on any atom is 0.317 e. The first-order chi connectivity index (χ1) is 11.3. The van der Waals surface area contributed by atoms with Crippen LogP contribution in [0.15, 0.2) is 18.3 Å². The molecule has 1 aromatic rings. The number of hydrogen-bond donors (Lipinski definition) is 1. The molecule has 2 amide bonds. The van der Waals surface area contributed by atoms with Crippen LogP contribution in [0.3, 0.4) is 0 Å². The van der Waals surface area contributed by atoms with Gasteiger partial charge >= 0.3 is 6.03 Å². The summed E-state index contributed by atoms with van der Waals surface area (Å²) in [5.41, 5.74) is 1.05. The van der Waals surface area contributed by atoms with Gasteiger partial charge in [0.1, 0.15) is 5.82 Å². The van der Waals surface area contributed by atoms with Gasteiger partial charge in [-0.25, -0.2) is 9.78 Å². The molecule has 0 atom stereocenters. The van der Waals surface area contributed by atoms with Gasteiger partial charge in [-0.2, -0.15) is 0 Å². The molecular formula is C17H27N5O. The Morgan fingerprint density at radius 2 is 1.87 bits per heavy atom. The first kappa shape index (κ1) is 16.1. The highest BCUT2D eigenvalue weighted by Gasteiger charge is 2.19. The zero-order valence-corrected chi connectivity index (χ0v) is 14.0. The molecule has 0 aliphatic carbocycles. The second-order valence-corrected chi connectivity index (χ2v) is 6.30. The molecule has 0 bridgehead atoms. The Morgan fingerprint density at radius 1 is 1.13 bits per heavy atom. The van der Waals surface area contributed by atoms with Gasteiger partial charge in [0.2, 0.25) is 0 Å². The average Bonchev–Trinajstić information content (AvgIpc) is 3.15. The molecule has 6 nitrogen and oxygen atoms in total. The fourth-order valence-electron chi connectivity index (χ4n) is 3.21. The number of aromatic nitrogens is 1. The zero-order chi connectivity index (χ0) is 16.1. The number of nitrogens with zero attached hydrogens (tertiary/aromatic N) is 4. The van der Waals surface area contributed by atoms with E-state index in [1.807, 2.05) is 11.1 Å². The van der Waals surface area contributed by atoms with Gasteiger partial charge in [0.25, 0.3) is 0 Å². The Hall–Kier alpha value is -1.82. The summed E-state index contributed by atoms with van der Waals surface area (Å²) < 4.78 is 0. The van der Waals surface area contributed by atoms with Crippen molar-refractivity contribution in [2.24, 2.45) is 0 Å². The number of likely N-dealkylation sites (N-methyl/N-ethyl adjacent to an activating group) is 1. The molecule has 3 heterocycles. The van der Waals surface area contributed by atoms with Crippen molar-refractivity contribution in [3.05, 3.63) is 23.9 Å². The van der Waals surface area contributed by atoms with Crippen LogP contribution in [0.2, 0.25) is 0 Å². The standard InChI is InChI=1S/C17H27N5O/c1-2-20-9-11-22(12-10-20)17(23)19-14-15-5-6-16(18-13-15)21-7-3-4-8-21/h5-6,13H,2-4,7-12,14H2,1H3,(H,19,23). The molecule has 0 aromatic carbocycles. The van der Waals surface area contributed by atoms with E-state index >= 15 is 0 Å². The number of piperazine rings is 1. The van der Waals surface area contributed by atoms with E-state index in [0.717, 1.165) is 57.2 Å². The SMILES string of the molecule is CCN1CCN(C(=O)NCc2ccc(N3CCCC3)nc2)CC1. The van der Waals surface area contributed by atoms with Crippen LogP contribution in [0, 0.1) is 0 Å². The van der Waals surface area contributed by atoms with E-state index in [1.165, 1.54) is 12.8 Å². The lowest BCUT2D eigenvalue weighted by atomic mass is 10.2. The summed E-state index contributed by atoms with van der Waals surface area (Å²) in [7, 11) is 0. The lowest BCUT2D eigenvalue weighted by Gasteiger charge is -2.34. The van der Waals surface area contributed by atoms with Gasteiger partial charge in [-0.1, -0.05) is 13.0 Å². The molecule has 126 valence electrons. The van der Waals surface area contributed by atoms with Crippen LogP contribution in [0.25, 0.3) is 0 Å². The summed E-state index contributed by atoms with van der Waals surface area (Å²) in [5.74, 6) is 1.05. The maximum absolute atomic E-state index is 12.2. The Bertz CT molecular complexity index is 504. The van der Waals surface area contributed by atoms with Crippen LogP contribution in [-0.2, 0) is 6.54 Å². The van der Waals surface area contributed by atoms with Gasteiger partial charge in [-0.3, -0.25) is 0 Å². The highest BCUT2D eigenvalue weighted by molar-refractivity contribution is 5.74. The summed E-state index contributed by atoms with van der Waals surface area (Å²) in [4.78, 5) is 23.3. The minimum Gasteiger partial charge on any atom is -0.357 e. The summed E-state index contributed by atoms with van der Waals surface area (Å²) in [6.07, 6.45) is 4.39. The molecule has 2 fully saturated rings. The number of rotatable bonds is 4. The predicted octanol–water partition coefficient (Wildman–Crippen LogP) is 1.53. The predicted molar refractivity (Wildman–Crippen MR) is 91.6 cm³/mol. The van der Waals surface area contributed by atoms with Crippen molar-refractivity contribution in [2.75, 3.05) is 50.7 Å². The van der Waals surface area contributed by atoms with Crippen molar-refractivity contribution in [1.29, 1.82) is 0 Å². The van der Waals surface area contributed by atoms with Gasteiger partial charge in [0, 0.05) is 52.0 Å². The van der Waals surface area contributed by atoms with Crippen LogP contribution in [0.5, 0.6) is 0 Å². The monoisotopic (exact) mass is 317 g/mol. The Morgan fingerprint density at radius 3 is 2.48 bits per heavy atom. The Balaban J connectivity index is 1.45. The summed E-state index contributed by atoms with van der Waals surface area (Å²) in [6.45, 7) is 9.53. The number of anilines is 1. The van der Waals surface area contributed by atoms with E-state index in [4.69, 9.17) is 0 Å². The van der Waals surface area contributed by atoms with Crippen molar-refractivity contribution >= 4 is 11.8 Å². The van der Waals surface area contributed by atoms with Crippen LogP contribution < -0.4 is 10.2 Å². The molecule has 3 rings (SSSR count). The molecule has 0 unspecified atom stereocenters. The molecule has 23 heavy (non-hydrogen) atoms. The number of nitrogens with one attached hydrogen (secondary N) is 1. The topological polar surface area (TPSA) is 51.7 Å². The van der Waals surface area contributed by atoms with Crippen LogP contribution in [0.1, 0.15) is 25.3 Å². The van der Waals surface area contributed by atoms with E-state index in [1.54, 1.807) is 0 Å². The van der Waals surface area contributed by atoms with Crippen molar-refractivity contribution < 1.29 is 4.79 Å². The van der Waals surface area contributed by atoms with Crippen LogP contribution in [-0.4, -0.2) is 66.6 Å². The van der Waals surface area contributed by atoms with Crippen LogP contribution in [0.4, 0.5) is 10.6 Å². The van der Waals surface area contributed by atoms with Gasteiger partial charge in [0.05, 0.1) is 0 Å². The van der Waals surface area contributed by atoms with Crippen molar-refractivity contribution in [1.82, 2.24) is 20.1 Å². The van der Waals surface area contributed by atoms with E-state index in [2.05, 4.69) is 39.2 Å². The largest absolute Gasteiger partial charge is 0.357 e. The summed E-state index contributed by atoms with van der Waals surface area (Å²) in [6, 6.07) is 4.16. The lowest BCUT2D eigenvalue weighted by Crippen LogP contribution is -2.51. The number of amides is 2. The highest BCUT2D eigenvalue weighted by atomic mass is 16.2. The third-order valence-corrected chi connectivity index (χ3v) is 4.79. The minimum atomic E-state index is 0.0318. The maximum atomic E-state index is 12.2. The summed E-state index contributed by atoms with van der Waals surface area (Å²) >= 11 is 0. The van der Waals surface area contributed by atoms with E-state index in [-0.39, 0.29) is 6.03 Å².